The van der Waals surface area contributed by atoms with Crippen LogP contribution in [0.2, 0.25) is 0 Å². The number of halogens is 3. The van der Waals surface area contributed by atoms with Crippen molar-refractivity contribution in [2.75, 3.05) is 44.9 Å². The summed E-state index contributed by atoms with van der Waals surface area (Å²) in [6.07, 6.45) is -4.53. The van der Waals surface area contributed by atoms with E-state index >= 15 is 0 Å². The number of amides is 1. The standard InChI is InChI=1S/C23H25F3N2O3/c1-30-14-17-12-27(7-8-31-15-17)11-16-9-19-20(21(10-16)23(24,25)26)13-28(22(19)29)18-5-3-2-4-6-18/h2-6,9-10,17H,7-8,11-15H2,1H3. The Hall–Kier alpha value is -2.42. The van der Waals surface area contributed by atoms with E-state index in [4.69, 9.17) is 9.47 Å². The summed E-state index contributed by atoms with van der Waals surface area (Å²) >= 11 is 0. The van der Waals surface area contributed by atoms with Gasteiger partial charge in [-0.05, 0) is 35.4 Å². The first-order valence-corrected chi connectivity index (χ1v) is 10.3. The van der Waals surface area contributed by atoms with Crippen LogP contribution in [0.3, 0.4) is 0 Å². The first-order chi connectivity index (χ1) is 14.9. The zero-order valence-electron chi connectivity index (χ0n) is 17.3. The predicted octanol–water partition coefficient (Wildman–Crippen LogP) is 3.96. The number of benzene rings is 2. The summed E-state index contributed by atoms with van der Waals surface area (Å²) in [6.45, 7) is 3.11. The molecule has 4 rings (SSSR count). The Morgan fingerprint density at radius 2 is 1.97 bits per heavy atom. The third-order valence-corrected chi connectivity index (χ3v) is 5.71. The van der Waals surface area contributed by atoms with Crippen LogP contribution in [0.15, 0.2) is 42.5 Å². The summed E-state index contributed by atoms with van der Waals surface area (Å²) in [4.78, 5) is 16.5. The van der Waals surface area contributed by atoms with Gasteiger partial charge in [-0.1, -0.05) is 18.2 Å². The SMILES string of the molecule is COCC1COCCN(Cc2cc3c(c(C(F)(F)F)c2)CN(c2ccccc2)C3=O)C1. The van der Waals surface area contributed by atoms with Crippen LogP contribution in [0.5, 0.6) is 0 Å². The monoisotopic (exact) mass is 434 g/mol. The largest absolute Gasteiger partial charge is 0.416 e. The molecule has 2 aliphatic rings. The maximum absolute atomic E-state index is 13.9. The molecule has 1 fully saturated rings. The maximum Gasteiger partial charge on any atom is 0.416 e. The highest BCUT2D eigenvalue weighted by molar-refractivity contribution is 6.10. The summed E-state index contributed by atoms with van der Waals surface area (Å²) < 4.78 is 52.5. The molecular formula is C23H25F3N2O3. The number of methoxy groups -OCH3 is 1. The van der Waals surface area contributed by atoms with Crippen molar-refractivity contribution >= 4 is 11.6 Å². The Labute approximate surface area is 179 Å². The number of para-hydroxylation sites is 1. The molecule has 2 aromatic carbocycles. The molecule has 1 unspecified atom stereocenters. The lowest BCUT2D eigenvalue weighted by molar-refractivity contribution is -0.138. The Balaban J connectivity index is 1.64. The zero-order chi connectivity index (χ0) is 22.0. The van der Waals surface area contributed by atoms with E-state index in [0.29, 0.717) is 50.7 Å². The molecule has 2 heterocycles. The van der Waals surface area contributed by atoms with E-state index in [2.05, 4.69) is 4.90 Å². The van der Waals surface area contributed by atoms with Gasteiger partial charge in [0.1, 0.15) is 0 Å². The van der Waals surface area contributed by atoms with Crippen molar-refractivity contribution < 1.29 is 27.4 Å². The molecule has 1 atom stereocenters. The van der Waals surface area contributed by atoms with Gasteiger partial charge in [0.2, 0.25) is 0 Å². The fourth-order valence-corrected chi connectivity index (χ4v) is 4.32. The van der Waals surface area contributed by atoms with Gasteiger partial charge in [0.05, 0.1) is 31.9 Å². The minimum atomic E-state index is -4.53. The summed E-state index contributed by atoms with van der Waals surface area (Å²) in [5.74, 6) is -0.246. The second-order valence-corrected chi connectivity index (χ2v) is 8.03. The molecule has 166 valence electrons. The molecule has 0 aliphatic carbocycles. The van der Waals surface area contributed by atoms with Crippen molar-refractivity contribution in [1.29, 1.82) is 0 Å². The minimum Gasteiger partial charge on any atom is -0.384 e. The lowest BCUT2D eigenvalue weighted by atomic mass is 9.98. The minimum absolute atomic E-state index is 0.0431. The van der Waals surface area contributed by atoms with Gasteiger partial charge in [-0.25, -0.2) is 0 Å². The number of ether oxygens (including phenoxy) is 2. The molecule has 2 aromatic rings. The van der Waals surface area contributed by atoms with Gasteiger partial charge >= 0.3 is 6.18 Å². The van der Waals surface area contributed by atoms with Crippen molar-refractivity contribution in [1.82, 2.24) is 4.90 Å². The molecule has 0 bridgehead atoms. The van der Waals surface area contributed by atoms with Gasteiger partial charge in [-0.2, -0.15) is 13.2 Å². The smallest absolute Gasteiger partial charge is 0.384 e. The molecule has 0 radical (unpaired) electrons. The maximum atomic E-state index is 13.9. The Kier molecular flexibility index (Phi) is 6.31. The Morgan fingerprint density at radius 3 is 2.68 bits per heavy atom. The third kappa shape index (κ3) is 4.76. The fourth-order valence-electron chi connectivity index (χ4n) is 4.32. The number of anilines is 1. The average Bonchev–Trinajstić information content (AvgIpc) is 2.91. The molecule has 1 saturated heterocycles. The Morgan fingerprint density at radius 1 is 1.19 bits per heavy atom. The number of hydrogen-bond donors (Lipinski definition) is 0. The summed E-state index contributed by atoms with van der Waals surface area (Å²) in [6, 6.07) is 11.6. The fraction of sp³-hybridized carbons (Fsp3) is 0.435. The number of fused-ring (bicyclic) bond motifs is 1. The molecule has 8 heteroatoms. The number of rotatable bonds is 5. The predicted molar refractivity (Wildman–Crippen MR) is 110 cm³/mol. The average molecular weight is 434 g/mol. The molecule has 1 amide bonds. The molecule has 2 aliphatic heterocycles. The molecule has 0 saturated carbocycles. The van der Waals surface area contributed by atoms with Gasteiger partial charge < -0.3 is 14.4 Å². The number of carbonyl (C=O) groups excluding carboxylic acids is 1. The van der Waals surface area contributed by atoms with Gasteiger partial charge in [0, 0.05) is 43.9 Å². The lowest BCUT2D eigenvalue weighted by Crippen LogP contribution is -2.31. The van der Waals surface area contributed by atoms with E-state index in [1.807, 2.05) is 0 Å². The van der Waals surface area contributed by atoms with E-state index < -0.39 is 17.6 Å². The van der Waals surface area contributed by atoms with Crippen LogP contribution in [-0.2, 0) is 28.7 Å². The topological polar surface area (TPSA) is 42.0 Å². The van der Waals surface area contributed by atoms with Gasteiger partial charge in [-0.15, -0.1) is 0 Å². The van der Waals surface area contributed by atoms with Crippen molar-refractivity contribution in [3.8, 4) is 0 Å². The highest BCUT2D eigenvalue weighted by Gasteiger charge is 2.40. The molecular weight excluding hydrogens is 409 g/mol. The van der Waals surface area contributed by atoms with Crippen LogP contribution in [0.25, 0.3) is 0 Å². The van der Waals surface area contributed by atoms with Gasteiger partial charge in [0.15, 0.2) is 0 Å². The summed E-state index contributed by atoms with van der Waals surface area (Å²) in [7, 11) is 1.62. The zero-order valence-corrected chi connectivity index (χ0v) is 17.3. The molecule has 5 nitrogen and oxygen atoms in total. The van der Waals surface area contributed by atoms with Crippen molar-refractivity contribution in [3.63, 3.8) is 0 Å². The van der Waals surface area contributed by atoms with Crippen LogP contribution in [-0.4, -0.2) is 50.8 Å². The van der Waals surface area contributed by atoms with Gasteiger partial charge in [-0.3, -0.25) is 9.69 Å². The van der Waals surface area contributed by atoms with Gasteiger partial charge in [0.25, 0.3) is 5.91 Å². The van der Waals surface area contributed by atoms with E-state index in [0.717, 1.165) is 0 Å². The number of alkyl halides is 3. The van der Waals surface area contributed by atoms with Crippen molar-refractivity contribution in [3.05, 3.63) is 64.7 Å². The van der Waals surface area contributed by atoms with E-state index in [1.54, 1.807) is 43.5 Å². The molecule has 0 N–H and O–H groups in total. The third-order valence-electron chi connectivity index (χ3n) is 5.71. The van der Waals surface area contributed by atoms with Crippen molar-refractivity contribution in [2.45, 2.75) is 19.3 Å². The van der Waals surface area contributed by atoms with E-state index in [-0.39, 0.29) is 23.6 Å². The molecule has 0 aromatic heterocycles. The van der Waals surface area contributed by atoms with Crippen LogP contribution >= 0.6 is 0 Å². The highest BCUT2D eigenvalue weighted by atomic mass is 19.4. The first kappa shape index (κ1) is 21.8. The molecule has 0 spiro atoms. The first-order valence-electron chi connectivity index (χ1n) is 10.3. The highest BCUT2D eigenvalue weighted by Crippen LogP contribution is 2.39. The lowest BCUT2D eigenvalue weighted by Gasteiger charge is -2.24. The Bertz CT molecular complexity index is 934. The van der Waals surface area contributed by atoms with Crippen molar-refractivity contribution in [2.24, 2.45) is 5.92 Å². The van der Waals surface area contributed by atoms with Crippen LogP contribution in [0.1, 0.15) is 27.0 Å². The number of hydrogen-bond acceptors (Lipinski definition) is 4. The summed E-state index contributed by atoms with van der Waals surface area (Å²) in [5.41, 5.74) is 0.513. The second kappa shape index (κ2) is 8.98. The van der Waals surface area contributed by atoms with Crippen LogP contribution in [0, 0.1) is 5.92 Å². The normalized spacial score (nSPS) is 20.1. The quantitative estimate of drug-likeness (QED) is 0.715. The van der Waals surface area contributed by atoms with E-state index in [9.17, 15) is 18.0 Å². The van der Waals surface area contributed by atoms with Crippen LogP contribution < -0.4 is 4.90 Å². The second-order valence-electron chi connectivity index (χ2n) is 8.03. The number of nitrogens with zero attached hydrogens (tertiary/aromatic N) is 2. The summed E-state index contributed by atoms with van der Waals surface area (Å²) in [5, 5.41) is 0. The molecule has 31 heavy (non-hydrogen) atoms. The number of carbonyl (C=O) groups is 1. The van der Waals surface area contributed by atoms with Crippen LogP contribution in [0.4, 0.5) is 18.9 Å². The van der Waals surface area contributed by atoms with E-state index in [1.165, 1.54) is 11.0 Å².